The third-order valence-corrected chi connectivity index (χ3v) is 3.17. The SMILES string of the molecule is CC(NC(=O)Cc1cccc(F)c1)c1ccc(C#N)cc1. The number of nitrogens with zero attached hydrogens (tertiary/aromatic N) is 1. The van der Waals surface area contributed by atoms with Gasteiger partial charge in [0.15, 0.2) is 0 Å². The van der Waals surface area contributed by atoms with Crippen LogP contribution in [0.2, 0.25) is 0 Å². The Hall–Kier alpha value is -2.67. The number of benzene rings is 2. The number of rotatable bonds is 4. The fourth-order valence-electron chi connectivity index (χ4n) is 2.05. The average Bonchev–Trinajstić information content (AvgIpc) is 2.47. The predicted octanol–water partition coefficient (Wildman–Crippen LogP) is 3.12. The zero-order valence-corrected chi connectivity index (χ0v) is 11.6. The van der Waals surface area contributed by atoms with E-state index in [1.165, 1.54) is 12.1 Å². The highest BCUT2D eigenvalue weighted by Crippen LogP contribution is 2.13. The Morgan fingerprint density at radius 3 is 2.62 bits per heavy atom. The van der Waals surface area contributed by atoms with E-state index in [2.05, 4.69) is 5.32 Å². The monoisotopic (exact) mass is 282 g/mol. The maximum absolute atomic E-state index is 13.1. The van der Waals surface area contributed by atoms with Crippen molar-refractivity contribution in [3.8, 4) is 6.07 Å². The van der Waals surface area contributed by atoms with Gasteiger partial charge in [-0.2, -0.15) is 5.26 Å². The molecule has 1 N–H and O–H groups in total. The van der Waals surface area contributed by atoms with Crippen molar-refractivity contribution < 1.29 is 9.18 Å². The van der Waals surface area contributed by atoms with Crippen molar-refractivity contribution in [1.29, 1.82) is 5.26 Å². The van der Waals surface area contributed by atoms with E-state index in [9.17, 15) is 9.18 Å². The topological polar surface area (TPSA) is 52.9 Å². The van der Waals surface area contributed by atoms with Gasteiger partial charge < -0.3 is 5.32 Å². The standard InChI is InChI=1S/C17H15FN2O/c1-12(15-7-5-13(11-19)6-8-15)20-17(21)10-14-3-2-4-16(18)9-14/h2-9,12H,10H2,1H3,(H,20,21). The highest BCUT2D eigenvalue weighted by atomic mass is 19.1. The number of nitriles is 1. The van der Waals surface area contributed by atoms with E-state index in [1.54, 1.807) is 24.3 Å². The summed E-state index contributed by atoms with van der Waals surface area (Å²) in [4.78, 5) is 11.9. The normalized spacial score (nSPS) is 11.5. The molecule has 1 unspecified atom stereocenters. The Morgan fingerprint density at radius 1 is 1.29 bits per heavy atom. The van der Waals surface area contributed by atoms with E-state index >= 15 is 0 Å². The molecule has 2 rings (SSSR count). The lowest BCUT2D eigenvalue weighted by Crippen LogP contribution is -2.28. The molecule has 0 aliphatic heterocycles. The van der Waals surface area contributed by atoms with Gasteiger partial charge in [-0.15, -0.1) is 0 Å². The zero-order valence-electron chi connectivity index (χ0n) is 11.6. The van der Waals surface area contributed by atoms with E-state index in [0.29, 0.717) is 11.1 Å². The highest BCUT2D eigenvalue weighted by Gasteiger charge is 2.10. The highest BCUT2D eigenvalue weighted by molar-refractivity contribution is 5.79. The Balaban J connectivity index is 1.97. The number of amides is 1. The summed E-state index contributed by atoms with van der Waals surface area (Å²) in [6.45, 7) is 1.87. The molecule has 1 amide bonds. The van der Waals surface area contributed by atoms with Crippen LogP contribution in [0, 0.1) is 17.1 Å². The molecule has 0 radical (unpaired) electrons. The molecule has 4 heteroatoms. The van der Waals surface area contributed by atoms with Gasteiger partial charge in [0.05, 0.1) is 24.1 Å². The van der Waals surface area contributed by atoms with Gasteiger partial charge in [0.25, 0.3) is 0 Å². The van der Waals surface area contributed by atoms with Gasteiger partial charge in [0, 0.05) is 0 Å². The van der Waals surface area contributed by atoms with E-state index < -0.39 is 0 Å². The molecule has 0 aliphatic carbocycles. The first-order valence-electron chi connectivity index (χ1n) is 6.62. The van der Waals surface area contributed by atoms with Gasteiger partial charge in [-0.3, -0.25) is 4.79 Å². The van der Waals surface area contributed by atoms with Crippen molar-refractivity contribution in [1.82, 2.24) is 5.32 Å². The van der Waals surface area contributed by atoms with Gasteiger partial charge in [-0.05, 0) is 42.3 Å². The predicted molar refractivity (Wildman–Crippen MR) is 77.8 cm³/mol. The van der Waals surface area contributed by atoms with Crippen LogP contribution < -0.4 is 5.32 Å². The number of carbonyl (C=O) groups excluding carboxylic acids is 1. The smallest absolute Gasteiger partial charge is 0.224 e. The molecular weight excluding hydrogens is 267 g/mol. The number of nitrogens with one attached hydrogen (secondary N) is 1. The molecule has 2 aromatic rings. The first kappa shape index (κ1) is 14.7. The number of halogens is 1. The van der Waals surface area contributed by atoms with Crippen molar-refractivity contribution >= 4 is 5.91 Å². The first-order chi connectivity index (χ1) is 10.1. The molecule has 3 nitrogen and oxygen atoms in total. The van der Waals surface area contributed by atoms with Crippen molar-refractivity contribution in [2.45, 2.75) is 19.4 Å². The molecule has 106 valence electrons. The lowest BCUT2D eigenvalue weighted by molar-refractivity contribution is -0.121. The van der Waals surface area contributed by atoms with Crippen molar-refractivity contribution in [2.75, 3.05) is 0 Å². The Kier molecular flexibility index (Phi) is 4.68. The second kappa shape index (κ2) is 6.67. The molecule has 21 heavy (non-hydrogen) atoms. The van der Waals surface area contributed by atoms with E-state index in [4.69, 9.17) is 5.26 Å². The fraction of sp³-hybridized carbons (Fsp3) is 0.176. The molecule has 1 atom stereocenters. The molecule has 2 aromatic carbocycles. The van der Waals surface area contributed by atoms with Crippen molar-refractivity contribution in [3.05, 3.63) is 71.0 Å². The molecule has 0 fully saturated rings. The van der Waals surface area contributed by atoms with Crippen LogP contribution >= 0.6 is 0 Å². The van der Waals surface area contributed by atoms with Gasteiger partial charge in [0.2, 0.25) is 5.91 Å². The van der Waals surface area contributed by atoms with Gasteiger partial charge in [-0.1, -0.05) is 24.3 Å². The molecule has 0 aromatic heterocycles. The Morgan fingerprint density at radius 2 is 2.00 bits per heavy atom. The van der Waals surface area contributed by atoms with Crippen LogP contribution in [-0.2, 0) is 11.2 Å². The maximum atomic E-state index is 13.1. The van der Waals surface area contributed by atoms with Crippen molar-refractivity contribution in [3.63, 3.8) is 0 Å². The second-order valence-corrected chi connectivity index (χ2v) is 4.83. The minimum absolute atomic E-state index is 0.137. The van der Waals surface area contributed by atoms with Crippen LogP contribution in [-0.4, -0.2) is 5.91 Å². The summed E-state index contributed by atoms with van der Waals surface area (Å²) in [5.74, 6) is -0.516. The largest absolute Gasteiger partial charge is 0.349 e. The zero-order chi connectivity index (χ0) is 15.2. The van der Waals surface area contributed by atoms with E-state index in [0.717, 1.165) is 5.56 Å². The van der Waals surface area contributed by atoms with E-state index in [-0.39, 0.29) is 24.2 Å². The fourth-order valence-corrected chi connectivity index (χ4v) is 2.05. The van der Waals surface area contributed by atoms with Gasteiger partial charge in [-0.25, -0.2) is 4.39 Å². The molecule has 0 bridgehead atoms. The summed E-state index contributed by atoms with van der Waals surface area (Å²) in [6, 6.07) is 14.9. The third kappa shape index (κ3) is 4.15. The summed E-state index contributed by atoms with van der Waals surface area (Å²) in [7, 11) is 0. The first-order valence-corrected chi connectivity index (χ1v) is 6.62. The summed E-state index contributed by atoms with van der Waals surface area (Å²) in [6.07, 6.45) is 0.137. The Labute approximate surface area is 123 Å². The molecule has 0 saturated carbocycles. The van der Waals surface area contributed by atoms with Crippen LogP contribution in [0.15, 0.2) is 48.5 Å². The van der Waals surface area contributed by atoms with Crippen LogP contribution in [0.4, 0.5) is 4.39 Å². The van der Waals surface area contributed by atoms with E-state index in [1.807, 2.05) is 25.1 Å². The average molecular weight is 282 g/mol. The third-order valence-electron chi connectivity index (χ3n) is 3.17. The number of carbonyl (C=O) groups is 1. The minimum atomic E-state index is -0.347. The molecule has 0 heterocycles. The summed E-state index contributed by atoms with van der Waals surface area (Å²) >= 11 is 0. The lowest BCUT2D eigenvalue weighted by atomic mass is 10.1. The van der Waals surface area contributed by atoms with Crippen LogP contribution in [0.3, 0.4) is 0 Å². The minimum Gasteiger partial charge on any atom is -0.349 e. The summed E-state index contributed by atoms with van der Waals surface area (Å²) in [5, 5.41) is 11.6. The second-order valence-electron chi connectivity index (χ2n) is 4.83. The quantitative estimate of drug-likeness (QED) is 0.936. The molecule has 0 saturated heterocycles. The Bertz CT molecular complexity index is 674. The van der Waals surface area contributed by atoms with Crippen LogP contribution in [0.1, 0.15) is 29.7 Å². The number of hydrogen-bond acceptors (Lipinski definition) is 2. The molecule has 0 spiro atoms. The molecule has 0 aliphatic rings. The van der Waals surface area contributed by atoms with Crippen LogP contribution in [0.5, 0.6) is 0 Å². The maximum Gasteiger partial charge on any atom is 0.224 e. The van der Waals surface area contributed by atoms with Gasteiger partial charge >= 0.3 is 0 Å². The summed E-state index contributed by atoms with van der Waals surface area (Å²) < 4.78 is 13.1. The van der Waals surface area contributed by atoms with Crippen molar-refractivity contribution in [2.24, 2.45) is 0 Å². The molecular formula is C17H15FN2O. The van der Waals surface area contributed by atoms with Crippen LogP contribution in [0.25, 0.3) is 0 Å². The summed E-state index contributed by atoms with van der Waals surface area (Å²) in [5.41, 5.74) is 2.14. The lowest BCUT2D eigenvalue weighted by Gasteiger charge is -2.14. The van der Waals surface area contributed by atoms with Gasteiger partial charge in [0.1, 0.15) is 5.82 Å². The number of hydrogen-bond donors (Lipinski definition) is 1.